The Hall–Kier alpha value is -2.16. The molecule has 0 saturated carbocycles. The van der Waals surface area contributed by atoms with Crippen LogP contribution in [0, 0.1) is 17.2 Å². The molecule has 1 heterocycles. The number of nitrogens with two attached hydrogens (primary N) is 1. The predicted octanol–water partition coefficient (Wildman–Crippen LogP) is 3.58. The number of carbonyl (C=O) groups excluding carboxylic acids is 1. The Morgan fingerprint density at radius 3 is 2.30 bits per heavy atom. The van der Waals surface area contributed by atoms with Gasteiger partial charge in [-0.05, 0) is 35.8 Å². The standard InChI is InChI=1S/C22H29N3OS/c1-15(2)17-8-10-18(11-9-17)21(19-7-6-12-27-19)24-13-20(26)25-22(5,14-23)16(3)4/h6-12,15-16,21,24H,13H2,1-5H3,(H,25,26)/p+1/t21-,22+/m0/s1. The highest BCUT2D eigenvalue weighted by Crippen LogP contribution is 2.24. The molecule has 0 aliphatic rings. The molecule has 2 rings (SSSR count). The van der Waals surface area contributed by atoms with Crippen molar-refractivity contribution in [3.8, 4) is 6.07 Å². The summed E-state index contributed by atoms with van der Waals surface area (Å²) < 4.78 is 0. The first-order chi connectivity index (χ1) is 12.8. The summed E-state index contributed by atoms with van der Waals surface area (Å²) in [7, 11) is 0. The monoisotopic (exact) mass is 384 g/mol. The van der Waals surface area contributed by atoms with Gasteiger partial charge >= 0.3 is 0 Å². The molecule has 27 heavy (non-hydrogen) atoms. The molecule has 5 heteroatoms. The van der Waals surface area contributed by atoms with Crippen LogP contribution in [0.2, 0.25) is 0 Å². The highest BCUT2D eigenvalue weighted by Gasteiger charge is 2.31. The number of amides is 1. The van der Waals surface area contributed by atoms with Crippen molar-refractivity contribution < 1.29 is 10.1 Å². The van der Waals surface area contributed by atoms with Crippen LogP contribution in [0.3, 0.4) is 0 Å². The summed E-state index contributed by atoms with van der Waals surface area (Å²) in [5.74, 6) is 0.421. The van der Waals surface area contributed by atoms with Crippen molar-refractivity contribution in [2.24, 2.45) is 5.92 Å². The molecule has 0 aliphatic carbocycles. The average molecular weight is 385 g/mol. The molecule has 0 unspecified atom stereocenters. The van der Waals surface area contributed by atoms with Gasteiger partial charge in [0.15, 0.2) is 6.54 Å². The van der Waals surface area contributed by atoms with Gasteiger partial charge in [0.1, 0.15) is 11.6 Å². The van der Waals surface area contributed by atoms with E-state index in [4.69, 9.17) is 0 Å². The molecule has 0 bridgehead atoms. The lowest BCUT2D eigenvalue weighted by molar-refractivity contribution is -0.676. The van der Waals surface area contributed by atoms with Crippen LogP contribution in [0.5, 0.6) is 0 Å². The Morgan fingerprint density at radius 2 is 1.81 bits per heavy atom. The van der Waals surface area contributed by atoms with Gasteiger partial charge in [0, 0.05) is 5.56 Å². The van der Waals surface area contributed by atoms with Crippen LogP contribution in [-0.4, -0.2) is 18.0 Å². The van der Waals surface area contributed by atoms with Crippen molar-refractivity contribution in [2.75, 3.05) is 6.54 Å². The average Bonchev–Trinajstić information content (AvgIpc) is 3.16. The molecule has 0 spiro atoms. The highest BCUT2D eigenvalue weighted by atomic mass is 32.1. The molecule has 4 nitrogen and oxygen atoms in total. The van der Waals surface area contributed by atoms with Crippen LogP contribution < -0.4 is 10.6 Å². The summed E-state index contributed by atoms with van der Waals surface area (Å²) in [6.45, 7) is 10.3. The number of quaternary nitrogens is 1. The summed E-state index contributed by atoms with van der Waals surface area (Å²) in [6, 6.07) is 15.1. The zero-order valence-electron chi connectivity index (χ0n) is 16.8. The first-order valence-corrected chi connectivity index (χ1v) is 10.3. The lowest BCUT2D eigenvalue weighted by Gasteiger charge is -2.27. The number of carbonyl (C=O) groups is 1. The van der Waals surface area contributed by atoms with Crippen molar-refractivity contribution in [1.29, 1.82) is 5.26 Å². The van der Waals surface area contributed by atoms with Crippen LogP contribution in [0.4, 0.5) is 0 Å². The van der Waals surface area contributed by atoms with E-state index >= 15 is 0 Å². The largest absolute Gasteiger partial charge is 0.333 e. The van der Waals surface area contributed by atoms with E-state index in [1.165, 1.54) is 16.0 Å². The molecule has 1 aromatic heterocycles. The lowest BCUT2D eigenvalue weighted by atomic mass is 9.90. The van der Waals surface area contributed by atoms with Gasteiger partial charge in [-0.15, -0.1) is 11.3 Å². The topological polar surface area (TPSA) is 69.5 Å². The zero-order chi connectivity index (χ0) is 20.0. The molecule has 0 saturated heterocycles. The van der Waals surface area contributed by atoms with Gasteiger partial charge in [0.2, 0.25) is 0 Å². The number of nitrogens with zero attached hydrogens (tertiary/aromatic N) is 1. The fourth-order valence-electron chi connectivity index (χ4n) is 2.84. The van der Waals surface area contributed by atoms with Crippen molar-refractivity contribution in [3.05, 3.63) is 57.8 Å². The van der Waals surface area contributed by atoms with E-state index < -0.39 is 5.54 Å². The fourth-order valence-corrected chi connectivity index (χ4v) is 3.69. The third-order valence-electron chi connectivity index (χ3n) is 5.14. The third-order valence-corrected chi connectivity index (χ3v) is 6.09. The molecule has 3 N–H and O–H groups in total. The van der Waals surface area contributed by atoms with E-state index in [0.717, 1.165) is 0 Å². The molecule has 2 atom stereocenters. The van der Waals surface area contributed by atoms with Gasteiger partial charge in [0.05, 0.1) is 10.9 Å². The van der Waals surface area contributed by atoms with Crippen LogP contribution in [-0.2, 0) is 4.79 Å². The van der Waals surface area contributed by atoms with Crippen molar-refractivity contribution >= 4 is 17.2 Å². The predicted molar refractivity (Wildman–Crippen MR) is 110 cm³/mol. The summed E-state index contributed by atoms with van der Waals surface area (Å²) in [4.78, 5) is 13.7. The quantitative estimate of drug-likeness (QED) is 0.730. The van der Waals surface area contributed by atoms with Crippen LogP contribution in [0.15, 0.2) is 41.8 Å². The minimum atomic E-state index is -0.845. The summed E-state index contributed by atoms with van der Waals surface area (Å²) >= 11 is 1.70. The van der Waals surface area contributed by atoms with E-state index in [0.29, 0.717) is 5.92 Å². The first-order valence-electron chi connectivity index (χ1n) is 9.45. The van der Waals surface area contributed by atoms with Crippen LogP contribution >= 0.6 is 11.3 Å². The molecule has 0 aliphatic heterocycles. The number of nitrogens with one attached hydrogen (secondary N) is 1. The molecule has 1 aromatic carbocycles. The van der Waals surface area contributed by atoms with Gasteiger partial charge in [-0.2, -0.15) is 5.26 Å². The minimum Gasteiger partial charge on any atom is -0.333 e. The Balaban J connectivity index is 2.13. The van der Waals surface area contributed by atoms with E-state index in [9.17, 15) is 10.1 Å². The zero-order valence-corrected chi connectivity index (χ0v) is 17.6. The number of hydrogen-bond acceptors (Lipinski definition) is 3. The smallest absolute Gasteiger partial charge is 0.276 e. The Morgan fingerprint density at radius 1 is 1.19 bits per heavy atom. The molecule has 0 radical (unpaired) electrons. The maximum Gasteiger partial charge on any atom is 0.276 e. The number of rotatable bonds is 8. The molecule has 144 valence electrons. The number of hydrogen-bond donors (Lipinski definition) is 2. The molecule has 1 amide bonds. The SMILES string of the molecule is CC(C)c1ccc([C@H]([NH2+]CC(=O)N[C@](C)(C#N)C(C)C)c2cccs2)cc1. The number of benzene rings is 1. The van der Waals surface area contributed by atoms with Gasteiger partial charge in [-0.25, -0.2) is 0 Å². The van der Waals surface area contributed by atoms with E-state index in [-0.39, 0.29) is 24.4 Å². The Bertz CT molecular complexity index is 775. The molecule has 0 fully saturated rings. The molecular formula is C22H30N3OS+. The van der Waals surface area contributed by atoms with Crippen LogP contribution in [0.25, 0.3) is 0 Å². The Labute approximate surface area is 166 Å². The molecule has 2 aromatic rings. The highest BCUT2D eigenvalue weighted by molar-refractivity contribution is 7.10. The normalized spacial score (nSPS) is 14.6. The third kappa shape index (κ3) is 5.41. The number of thiophene rings is 1. The second-order valence-corrected chi connectivity index (χ2v) is 8.75. The second-order valence-electron chi connectivity index (χ2n) is 7.77. The van der Waals surface area contributed by atoms with E-state index in [2.05, 4.69) is 60.9 Å². The van der Waals surface area contributed by atoms with E-state index in [1.807, 2.05) is 25.2 Å². The second kappa shape index (κ2) is 9.16. The molecular weight excluding hydrogens is 354 g/mol. The summed E-state index contributed by atoms with van der Waals surface area (Å²) in [5.41, 5.74) is 1.65. The van der Waals surface area contributed by atoms with E-state index in [1.54, 1.807) is 18.3 Å². The van der Waals surface area contributed by atoms with Gasteiger partial charge in [-0.1, -0.05) is 58.0 Å². The maximum absolute atomic E-state index is 12.5. The minimum absolute atomic E-state index is 0.0446. The van der Waals surface area contributed by atoms with Crippen LogP contribution in [0.1, 0.15) is 62.6 Å². The van der Waals surface area contributed by atoms with Gasteiger partial charge in [-0.3, -0.25) is 4.79 Å². The van der Waals surface area contributed by atoms with Crippen molar-refractivity contribution in [3.63, 3.8) is 0 Å². The first kappa shape index (κ1) is 21.1. The fraction of sp³-hybridized carbons (Fsp3) is 0.455. The van der Waals surface area contributed by atoms with Gasteiger partial charge in [0.25, 0.3) is 5.91 Å². The van der Waals surface area contributed by atoms with Crippen molar-refractivity contribution in [1.82, 2.24) is 5.32 Å². The van der Waals surface area contributed by atoms with Gasteiger partial charge < -0.3 is 10.6 Å². The maximum atomic E-state index is 12.5. The lowest BCUT2D eigenvalue weighted by Crippen LogP contribution is -2.88. The number of nitriles is 1. The van der Waals surface area contributed by atoms with Crippen molar-refractivity contribution in [2.45, 2.75) is 52.1 Å². The summed E-state index contributed by atoms with van der Waals surface area (Å²) in [5, 5.41) is 16.4. The summed E-state index contributed by atoms with van der Waals surface area (Å²) in [6.07, 6.45) is 0. The Kier molecular flexibility index (Phi) is 7.18.